The second kappa shape index (κ2) is 8.90. The standard InChI is InChI=1S/C21H21IN6O2/c1-3-9-30-21-15(10-13(22)11-24-21)19-25-17-16(4-2)28(27-18(17)20(29)26-19)12-14-7-5-6-8-23-14/h5-8,10-11H,3-4,9,12H2,1-2H3,(H,25,26,29). The molecule has 4 rings (SSSR count). The molecule has 154 valence electrons. The highest BCUT2D eigenvalue weighted by molar-refractivity contribution is 14.1. The zero-order chi connectivity index (χ0) is 21.1. The third kappa shape index (κ3) is 4.07. The van der Waals surface area contributed by atoms with E-state index < -0.39 is 0 Å². The number of aromatic nitrogens is 6. The van der Waals surface area contributed by atoms with Gasteiger partial charge >= 0.3 is 0 Å². The average molecular weight is 516 g/mol. The lowest BCUT2D eigenvalue weighted by Gasteiger charge is -2.10. The van der Waals surface area contributed by atoms with Crippen LogP contribution in [0, 0.1) is 3.57 Å². The van der Waals surface area contributed by atoms with Crippen molar-refractivity contribution in [2.45, 2.75) is 33.2 Å². The van der Waals surface area contributed by atoms with Crippen molar-refractivity contribution < 1.29 is 4.74 Å². The summed E-state index contributed by atoms with van der Waals surface area (Å²) in [6.07, 6.45) is 5.02. The van der Waals surface area contributed by atoms with Crippen LogP contribution < -0.4 is 10.3 Å². The van der Waals surface area contributed by atoms with Gasteiger partial charge in [0.1, 0.15) is 11.3 Å². The summed E-state index contributed by atoms with van der Waals surface area (Å²) in [4.78, 5) is 29.2. The van der Waals surface area contributed by atoms with Crippen LogP contribution in [0.3, 0.4) is 0 Å². The van der Waals surface area contributed by atoms with Crippen molar-refractivity contribution in [1.29, 1.82) is 0 Å². The maximum absolute atomic E-state index is 12.9. The first-order valence-corrected chi connectivity index (χ1v) is 10.9. The van der Waals surface area contributed by atoms with E-state index >= 15 is 0 Å². The molecule has 0 radical (unpaired) electrons. The summed E-state index contributed by atoms with van der Waals surface area (Å²) in [6.45, 7) is 5.07. The fraction of sp³-hybridized carbons (Fsp3) is 0.286. The number of aryl methyl sites for hydroxylation is 1. The van der Waals surface area contributed by atoms with E-state index in [1.54, 1.807) is 17.1 Å². The van der Waals surface area contributed by atoms with Crippen LogP contribution in [0.15, 0.2) is 41.5 Å². The molecule has 9 heteroatoms. The first kappa shape index (κ1) is 20.5. The number of aromatic amines is 1. The topological polar surface area (TPSA) is 98.6 Å². The number of fused-ring (bicyclic) bond motifs is 1. The predicted molar refractivity (Wildman–Crippen MR) is 123 cm³/mol. The largest absolute Gasteiger partial charge is 0.477 e. The van der Waals surface area contributed by atoms with Crippen LogP contribution in [0.25, 0.3) is 22.4 Å². The Balaban J connectivity index is 1.85. The molecule has 0 saturated heterocycles. The van der Waals surface area contributed by atoms with Crippen molar-refractivity contribution >= 4 is 33.6 Å². The number of nitrogens with one attached hydrogen (secondary N) is 1. The Bertz CT molecular complexity index is 1240. The number of ether oxygens (including phenoxy) is 1. The van der Waals surface area contributed by atoms with Crippen LogP contribution in [-0.4, -0.2) is 36.3 Å². The molecule has 0 bridgehead atoms. The molecule has 8 nitrogen and oxygen atoms in total. The molecule has 0 aromatic carbocycles. The van der Waals surface area contributed by atoms with E-state index in [1.807, 2.05) is 38.1 Å². The molecule has 0 aliphatic rings. The maximum Gasteiger partial charge on any atom is 0.279 e. The van der Waals surface area contributed by atoms with E-state index in [4.69, 9.17) is 9.72 Å². The Hall–Kier alpha value is -2.82. The Kier molecular flexibility index (Phi) is 6.07. The summed E-state index contributed by atoms with van der Waals surface area (Å²) < 4.78 is 8.52. The van der Waals surface area contributed by atoms with Crippen LogP contribution in [0.1, 0.15) is 31.7 Å². The molecule has 4 aromatic heterocycles. The van der Waals surface area contributed by atoms with Gasteiger partial charge < -0.3 is 9.72 Å². The zero-order valence-corrected chi connectivity index (χ0v) is 18.9. The average Bonchev–Trinajstić information content (AvgIpc) is 3.11. The highest BCUT2D eigenvalue weighted by Gasteiger charge is 2.19. The van der Waals surface area contributed by atoms with Crippen LogP contribution in [0.5, 0.6) is 5.88 Å². The van der Waals surface area contributed by atoms with E-state index in [-0.39, 0.29) is 5.56 Å². The number of pyridine rings is 2. The van der Waals surface area contributed by atoms with Gasteiger partial charge in [-0.25, -0.2) is 9.97 Å². The molecular weight excluding hydrogens is 495 g/mol. The summed E-state index contributed by atoms with van der Waals surface area (Å²) in [5, 5.41) is 4.52. The second-order valence-electron chi connectivity index (χ2n) is 6.75. The van der Waals surface area contributed by atoms with Gasteiger partial charge in [0.2, 0.25) is 5.88 Å². The number of hydrogen-bond acceptors (Lipinski definition) is 6. The minimum Gasteiger partial charge on any atom is -0.477 e. The molecule has 4 heterocycles. The van der Waals surface area contributed by atoms with Gasteiger partial charge in [0, 0.05) is 16.0 Å². The summed E-state index contributed by atoms with van der Waals surface area (Å²) in [5.41, 5.74) is 3.04. The third-order valence-electron chi connectivity index (χ3n) is 4.59. The lowest BCUT2D eigenvalue weighted by atomic mass is 10.2. The van der Waals surface area contributed by atoms with Gasteiger partial charge in [-0.3, -0.25) is 14.5 Å². The first-order valence-electron chi connectivity index (χ1n) is 9.79. The van der Waals surface area contributed by atoms with E-state index in [0.717, 1.165) is 21.4 Å². The van der Waals surface area contributed by atoms with Crippen molar-refractivity contribution in [2.75, 3.05) is 6.61 Å². The first-order chi connectivity index (χ1) is 14.6. The van der Waals surface area contributed by atoms with Crippen molar-refractivity contribution in [1.82, 2.24) is 29.7 Å². The van der Waals surface area contributed by atoms with Gasteiger partial charge in [-0.05, 0) is 53.6 Å². The lowest BCUT2D eigenvalue weighted by Crippen LogP contribution is -2.11. The second-order valence-corrected chi connectivity index (χ2v) is 7.99. The van der Waals surface area contributed by atoms with Crippen LogP contribution in [0.4, 0.5) is 0 Å². The molecule has 1 N–H and O–H groups in total. The number of nitrogens with zero attached hydrogens (tertiary/aromatic N) is 5. The number of rotatable bonds is 7. The predicted octanol–water partition coefficient (Wildman–Crippen LogP) is 3.58. The molecule has 0 aliphatic heterocycles. The summed E-state index contributed by atoms with van der Waals surface area (Å²) in [7, 11) is 0. The van der Waals surface area contributed by atoms with Gasteiger partial charge in [-0.1, -0.05) is 19.9 Å². The molecule has 0 aliphatic carbocycles. The monoisotopic (exact) mass is 516 g/mol. The Morgan fingerprint density at radius 3 is 2.80 bits per heavy atom. The minimum absolute atomic E-state index is 0.287. The number of H-pyrrole nitrogens is 1. The fourth-order valence-electron chi connectivity index (χ4n) is 3.23. The van der Waals surface area contributed by atoms with E-state index in [9.17, 15) is 4.79 Å². The quantitative estimate of drug-likeness (QED) is 0.377. The lowest BCUT2D eigenvalue weighted by molar-refractivity contribution is 0.306. The molecular formula is C21H21IN6O2. The smallest absolute Gasteiger partial charge is 0.279 e. The Morgan fingerprint density at radius 2 is 2.07 bits per heavy atom. The summed E-state index contributed by atoms with van der Waals surface area (Å²) >= 11 is 2.18. The van der Waals surface area contributed by atoms with Gasteiger partial charge in [0.15, 0.2) is 5.52 Å². The summed E-state index contributed by atoms with van der Waals surface area (Å²) in [5.74, 6) is 0.885. The molecule has 0 spiro atoms. The van der Waals surface area contributed by atoms with Crippen LogP contribution in [0.2, 0.25) is 0 Å². The zero-order valence-electron chi connectivity index (χ0n) is 16.7. The molecule has 0 atom stereocenters. The number of hydrogen-bond donors (Lipinski definition) is 1. The fourth-order valence-corrected chi connectivity index (χ4v) is 3.68. The van der Waals surface area contributed by atoms with Gasteiger partial charge in [0.25, 0.3) is 5.56 Å². The van der Waals surface area contributed by atoms with Crippen LogP contribution >= 0.6 is 22.6 Å². The highest BCUT2D eigenvalue weighted by Crippen LogP contribution is 2.28. The Labute approximate surface area is 186 Å². The third-order valence-corrected chi connectivity index (χ3v) is 5.18. The van der Waals surface area contributed by atoms with Crippen molar-refractivity contribution in [3.63, 3.8) is 0 Å². The Morgan fingerprint density at radius 1 is 1.20 bits per heavy atom. The maximum atomic E-state index is 12.9. The number of halogens is 1. The molecule has 0 amide bonds. The molecule has 0 unspecified atom stereocenters. The summed E-state index contributed by atoms with van der Waals surface area (Å²) in [6, 6.07) is 7.65. The normalized spacial score (nSPS) is 11.2. The molecule has 30 heavy (non-hydrogen) atoms. The van der Waals surface area contributed by atoms with Gasteiger partial charge in [-0.2, -0.15) is 5.10 Å². The van der Waals surface area contributed by atoms with E-state index in [1.165, 1.54) is 0 Å². The minimum atomic E-state index is -0.287. The van der Waals surface area contributed by atoms with E-state index in [2.05, 4.69) is 42.6 Å². The molecule has 4 aromatic rings. The van der Waals surface area contributed by atoms with Gasteiger partial charge in [0.05, 0.1) is 30.1 Å². The van der Waals surface area contributed by atoms with Crippen molar-refractivity contribution in [3.05, 3.63) is 62.0 Å². The van der Waals surface area contributed by atoms with Crippen LogP contribution in [-0.2, 0) is 13.0 Å². The SMILES string of the molecule is CCCOc1ncc(I)cc1-c1nc2c(CC)n(Cc3ccccn3)nc2c(=O)[nH]1. The highest BCUT2D eigenvalue weighted by atomic mass is 127. The molecule has 0 saturated carbocycles. The van der Waals surface area contributed by atoms with E-state index in [0.29, 0.717) is 47.9 Å². The molecule has 0 fully saturated rings. The van der Waals surface area contributed by atoms with Gasteiger partial charge in [-0.15, -0.1) is 0 Å². The van der Waals surface area contributed by atoms with Crippen molar-refractivity contribution in [2.24, 2.45) is 0 Å². The van der Waals surface area contributed by atoms with Crippen molar-refractivity contribution in [3.8, 4) is 17.3 Å².